The smallest absolute Gasteiger partial charge is 0.233 e. The van der Waals surface area contributed by atoms with Gasteiger partial charge in [-0.15, -0.1) is 0 Å². The largest absolute Gasteiger partial charge is 0.389 e. The highest BCUT2D eigenvalue weighted by atomic mass is 16.3. The fraction of sp³-hybridized carbons (Fsp3) is 0.917. The fourth-order valence-corrected chi connectivity index (χ4v) is 1.16. The first-order valence-corrected chi connectivity index (χ1v) is 5.96. The van der Waals surface area contributed by atoms with Gasteiger partial charge in [0.2, 0.25) is 5.91 Å². The molecule has 1 amide bonds. The molecule has 3 N–H and O–H groups in total. The van der Waals surface area contributed by atoms with E-state index in [4.69, 9.17) is 0 Å². The van der Waals surface area contributed by atoms with Gasteiger partial charge in [-0.2, -0.15) is 0 Å². The zero-order chi connectivity index (χ0) is 12.4. The predicted molar refractivity (Wildman–Crippen MR) is 64.1 cm³/mol. The molecule has 16 heavy (non-hydrogen) atoms. The number of rotatable bonds is 6. The van der Waals surface area contributed by atoms with E-state index in [2.05, 4.69) is 10.6 Å². The van der Waals surface area contributed by atoms with E-state index in [1.807, 2.05) is 13.8 Å². The Kier molecular flexibility index (Phi) is 3.97. The minimum Gasteiger partial charge on any atom is -0.389 e. The SMILES string of the molecule is CC(C)(O)C(C)(C)NCC(=O)NCC1CC1. The van der Waals surface area contributed by atoms with Crippen LogP contribution in [-0.2, 0) is 4.79 Å². The topological polar surface area (TPSA) is 61.4 Å². The molecular formula is C12H24N2O2. The van der Waals surface area contributed by atoms with E-state index in [9.17, 15) is 9.90 Å². The lowest BCUT2D eigenvalue weighted by atomic mass is 9.86. The van der Waals surface area contributed by atoms with Gasteiger partial charge in [-0.25, -0.2) is 0 Å². The summed E-state index contributed by atoms with van der Waals surface area (Å²) in [5, 5.41) is 15.9. The van der Waals surface area contributed by atoms with Crippen LogP contribution in [0, 0.1) is 5.92 Å². The average Bonchev–Trinajstić information content (AvgIpc) is 2.93. The molecule has 0 aliphatic heterocycles. The molecule has 1 fully saturated rings. The second-order valence-corrected chi connectivity index (χ2v) is 5.79. The Balaban J connectivity index is 2.23. The maximum absolute atomic E-state index is 11.5. The summed E-state index contributed by atoms with van der Waals surface area (Å²) in [5.74, 6) is 0.704. The van der Waals surface area contributed by atoms with E-state index in [1.165, 1.54) is 12.8 Å². The van der Waals surface area contributed by atoms with Gasteiger partial charge in [0.25, 0.3) is 0 Å². The van der Waals surface area contributed by atoms with Crippen molar-refractivity contribution in [1.29, 1.82) is 0 Å². The molecule has 1 aliphatic rings. The molecule has 1 aliphatic carbocycles. The van der Waals surface area contributed by atoms with E-state index in [-0.39, 0.29) is 12.5 Å². The molecule has 4 heteroatoms. The van der Waals surface area contributed by atoms with Crippen LogP contribution in [0.25, 0.3) is 0 Å². The molecule has 0 aromatic heterocycles. The molecule has 0 aromatic carbocycles. The number of carbonyl (C=O) groups is 1. The molecule has 4 nitrogen and oxygen atoms in total. The van der Waals surface area contributed by atoms with Crippen LogP contribution >= 0.6 is 0 Å². The standard InChI is InChI=1S/C12H24N2O2/c1-11(2,12(3,4)16)14-8-10(15)13-7-9-5-6-9/h9,14,16H,5-8H2,1-4H3,(H,13,15). The number of aliphatic hydroxyl groups is 1. The number of hydrogen-bond acceptors (Lipinski definition) is 3. The normalized spacial score (nSPS) is 17.3. The van der Waals surface area contributed by atoms with Crippen LogP contribution in [0.5, 0.6) is 0 Å². The van der Waals surface area contributed by atoms with Gasteiger partial charge in [-0.05, 0) is 46.5 Å². The summed E-state index contributed by atoms with van der Waals surface area (Å²) in [7, 11) is 0. The minimum absolute atomic E-state index is 0.00391. The van der Waals surface area contributed by atoms with Gasteiger partial charge >= 0.3 is 0 Å². The first-order chi connectivity index (χ1) is 7.22. The van der Waals surface area contributed by atoms with Gasteiger partial charge in [0.1, 0.15) is 0 Å². The zero-order valence-electron chi connectivity index (χ0n) is 10.8. The molecule has 0 bridgehead atoms. The van der Waals surface area contributed by atoms with E-state index in [1.54, 1.807) is 13.8 Å². The quantitative estimate of drug-likeness (QED) is 0.625. The van der Waals surface area contributed by atoms with Crippen molar-refractivity contribution in [3.8, 4) is 0 Å². The van der Waals surface area contributed by atoms with Crippen LogP contribution in [0.1, 0.15) is 40.5 Å². The van der Waals surface area contributed by atoms with Crippen molar-refractivity contribution in [2.75, 3.05) is 13.1 Å². The van der Waals surface area contributed by atoms with Gasteiger partial charge in [0, 0.05) is 12.1 Å². The van der Waals surface area contributed by atoms with E-state index < -0.39 is 11.1 Å². The molecule has 0 radical (unpaired) electrons. The second kappa shape index (κ2) is 4.72. The van der Waals surface area contributed by atoms with Crippen LogP contribution in [-0.4, -0.2) is 35.2 Å². The summed E-state index contributed by atoms with van der Waals surface area (Å²) in [4.78, 5) is 11.5. The molecule has 1 saturated carbocycles. The van der Waals surface area contributed by atoms with E-state index in [0.717, 1.165) is 6.54 Å². The van der Waals surface area contributed by atoms with Crippen LogP contribution in [0.3, 0.4) is 0 Å². The third-order valence-electron chi connectivity index (χ3n) is 3.51. The van der Waals surface area contributed by atoms with Crippen LogP contribution in [0.4, 0.5) is 0 Å². The van der Waals surface area contributed by atoms with Crippen molar-refractivity contribution in [3.63, 3.8) is 0 Å². The molecule has 1 rings (SSSR count). The summed E-state index contributed by atoms with van der Waals surface area (Å²) in [5.41, 5.74) is -1.34. The van der Waals surface area contributed by atoms with E-state index in [0.29, 0.717) is 5.92 Å². The molecule has 0 aromatic rings. The highest BCUT2D eigenvalue weighted by Crippen LogP contribution is 2.27. The van der Waals surface area contributed by atoms with Crippen molar-refractivity contribution in [2.24, 2.45) is 5.92 Å². The third-order valence-corrected chi connectivity index (χ3v) is 3.51. The molecule has 0 spiro atoms. The Labute approximate surface area is 97.8 Å². The van der Waals surface area contributed by atoms with Gasteiger partial charge in [-0.3, -0.25) is 4.79 Å². The first kappa shape index (κ1) is 13.5. The summed E-state index contributed by atoms with van der Waals surface area (Å²) in [6, 6.07) is 0. The van der Waals surface area contributed by atoms with Crippen LogP contribution in [0.2, 0.25) is 0 Å². The van der Waals surface area contributed by atoms with Crippen molar-refractivity contribution < 1.29 is 9.90 Å². The second-order valence-electron chi connectivity index (χ2n) is 5.79. The number of carbonyl (C=O) groups excluding carboxylic acids is 1. The Bertz CT molecular complexity index is 252. The van der Waals surface area contributed by atoms with Gasteiger partial charge in [0.05, 0.1) is 12.1 Å². The minimum atomic E-state index is -0.857. The Morgan fingerprint density at radius 2 is 1.88 bits per heavy atom. The molecule has 0 unspecified atom stereocenters. The van der Waals surface area contributed by atoms with Crippen molar-refractivity contribution in [3.05, 3.63) is 0 Å². The van der Waals surface area contributed by atoms with Gasteiger partial charge in [0.15, 0.2) is 0 Å². The molecule has 0 heterocycles. The van der Waals surface area contributed by atoms with Crippen LogP contribution in [0.15, 0.2) is 0 Å². The summed E-state index contributed by atoms with van der Waals surface area (Å²) < 4.78 is 0. The van der Waals surface area contributed by atoms with Crippen molar-refractivity contribution >= 4 is 5.91 Å². The number of amides is 1. The molecule has 94 valence electrons. The molecule has 0 atom stereocenters. The summed E-state index contributed by atoms with van der Waals surface area (Å²) >= 11 is 0. The Morgan fingerprint density at radius 1 is 1.31 bits per heavy atom. The highest BCUT2D eigenvalue weighted by Gasteiger charge is 2.34. The maximum Gasteiger partial charge on any atom is 0.233 e. The zero-order valence-corrected chi connectivity index (χ0v) is 10.8. The number of nitrogens with one attached hydrogen (secondary N) is 2. The lowest BCUT2D eigenvalue weighted by molar-refractivity contribution is -0.121. The highest BCUT2D eigenvalue weighted by molar-refractivity contribution is 5.78. The Hall–Kier alpha value is -0.610. The van der Waals surface area contributed by atoms with Gasteiger partial charge in [-0.1, -0.05) is 0 Å². The fourth-order valence-electron chi connectivity index (χ4n) is 1.16. The monoisotopic (exact) mass is 228 g/mol. The third kappa shape index (κ3) is 4.10. The molecule has 0 saturated heterocycles. The Morgan fingerprint density at radius 3 is 2.31 bits per heavy atom. The predicted octanol–water partition coefficient (Wildman–Crippen LogP) is 0.652. The van der Waals surface area contributed by atoms with Crippen molar-refractivity contribution in [1.82, 2.24) is 10.6 Å². The molecular weight excluding hydrogens is 204 g/mol. The van der Waals surface area contributed by atoms with Gasteiger partial charge < -0.3 is 15.7 Å². The lowest BCUT2D eigenvalue weighted by Crippen LogP contribution is -2.57. The first-order valence-electron chi connectivity index (χ1n) is 5.96. The number of hydrogen-bond donors (Lipinski definition) is 3. The van der Waals surface area contributed by atoms with Crippen LogP contribution < -0.4 is 10.6 Å². The summed E-state index contributed by atoms with van der Waals surface area (Å²) in [6.45, 7) is 8.31. The lowest BCUT2D eigenvalue weighted by Gasteiger charge is -2.38. The van der Waals surface area contributed by atoms with Crippen molar-refractivity contribution in [2.45, 2.75) is 51.7 Å². The summed E-state index contributed by atoms with van der Waals surface area (Å²) in [6.07, 6.45) is 2.48. The average molecular weight is 228 g/mol. The van der Waals surface area contributed by atoms with E-state index >= 15 is 0 Å². The maximum atomic E-state index is 11.5.